The van der Waals surface area contributed by atoms with Gasteiger partial charge < -0.3 is 10.1 Å². The number of rotatable bonds is 7. The van der Waals surface area contributed by atoms with Crippen LogP contribution < -0.4 is 15.6 Å². The molecule has 0 saturated heterocycles. The van der Waals surface area contributed by atoms with Crippen LogP contribution in [0.1, 0.15) is 39.4 Å². The van der Waals surface area contributed by atoms with Gasteiger partial charge in [0.1, 0.15) is 11.6 Å². The minimum Gasteiger partial charge on any atom is -0.497 e. The summed E-state index contributed by atoms with van der Waals surface area (Å²) in [5.41, 5.74) is 0.778. The Kier molecular flexibility index (Phi) is 10.2. The largest absolute Gasteiger partial charge is 0.497 e. The van der Waals surface area contributed by atoms with Crippen molar-refractivity contribution < 1.29 is 4.74 Å². The zero-order valence-electron chi connectivity index (χ0n) is 16.3. The SMILES string of the molecule is CNCCCCc1nc2cc(OC)ccc2c(=O)n1CC(C)(C)C.Cl.Cl. The number of aromatic nitrogens is 2. The van der Waals surface area contributed by atoms with E-state index in [-0.39, 0.29) is 35.8 Å². The number of hydrogen-bond donors (Lipinski definition) is 1. The number of aryl methyl sites for hydroxylation is 1. The molecule has 7 heteroatoms. The van der Waals surface area contributed by atoms with Gasteiger partial charge >= 0.3 is 0 Å². The van der Waals surface area contributed by atoms with Gasteiger partial charge in [-0.25, -0.2) is 4.98 Å². The molecule has 0 aliphatic rings. The van der Waals surface area contributed by atoms with Crippen molar-refractivity contribution in [2.24, 2.45) is 5.41 Å². The molecule has 0 atom stereocenters. The van der Waals surface area contributed by atoms with Crippen LogP contribution in [-0.2, 0) is 13.0 Å². The molecular formula is C19H31Cl2N3O2. The molecule has 0 saturated carbocycles. The van der Waals surface area contributed by atoms with E-state index in [1.807, 2.05) is 29.8 Å². The van der Waals surface area contributed by atoms with Crippen molar-refractivity contribution in [3.05, 3.63) is 34.4 Å². The standard InChI is InChI=1S/C19H29N3O2.2ClH/c1-19(2,3)13-22-17(8-6-7-11-20-4)21-16-12-14(24-5)9-10-15(16)18(22)23;;/h9-10,12,20H,6-8,11,13H2,1-5H3;2*1H. The Bertz CT molecular complexity index is 755. The molecule has 1 aromatic carbocycles. The highest BCUT2D eigenvalue weighted by Crippen LogP contribution is 2.20. The molecule has 26 heavy (non-hydrogen) atoms. The second kappa shape index (κ2) is 10.8. The highest BCUT2D eigenvalue weighted by molar-refractivity contribution is 5.85. The maximum absolute atomic E-state index is 13.0. The quantitative estimate of drug-likeness (QED) is 0.713. The molecule has 0 unspecified atom stereocenters. The normalized spacial score (nSPS) is 11.0. The van der Waals surface area contributed by atoms with Crippen LogP contribution in [0.3, 0.4) is 0 Å². The second-order valence-corrected chi connectivity index (χ2v) is 7.42. The zero-order chi connectivity index (χ0) is 17.7. The van der Waals surface area contributed by atoms with E-state index in [0.29, 0.717) is 17.4 Å². The summed E-state index contributed by atoms with van der Waals surface area (Å²) in [5.74, 6) is 1.59. The molecule has 0 spiro atoms. The van der Waals surface area contributed by atoms with Crippen molar-refractivity contribution >= 4 is 35.7 Å². The number of fused-ring (bicyclic) bond motifs is 1. The molecule has 1 heterocycles. The molecule has 148 valence electrons. The van der Waals surface area contributed by atoms with Crippen LogP contribution in [0.25, 0.3) is 10.9 Å². The van der Waals surface area contributed by atoms with E-state index in [1.165, 1.54) is 0 Å². The van der Waals surface area contributed by atoms with Crippen molar-refractivity contribution in [1.29, 1.82) is 0 Å². The number of methoxy groups -OCH3 is 1. The number of unbranched alkanes of at least 4 members (excludes halogenated alkanes) is 1. The molecular weight excluding hydrogens is 373 g/mol. The summed E-state index contributed by atoms with van der Waals surface area (Å²) in [6, 6.07) is 5.47. The molecule has 1 aromatic heterocycles. The van der Waals surface area contributed by atoms with E-state index in [1.54, 1.807) is 7.11 Å². The topological polar surface area (TPSA) is 56.2 Å². The summed E-state index contributed by atoms with van der Waals surface area (Å²) in [6.45, 7) is 8.07. The molecule has 0 fully saturated rings. The Balaban J connectivity index is 0.00000312. The smallest absolute Gasteiger partial charge is 0.261 e. The van der Waals surface area contributed by atoms with Gasteiger partial charge in [-0.05, 0) is 44.0 Å². The Morgan fingerprint density at radius 1 is 1.19 bits per heavy atom. The Morgan fingerprint density at radius 2 is 1.88 bits per heavy atom. The highest BCUT2D eigenvalue weighted by atomic mass is 35.5. The maximum atomic E-state index is 13.0. The number of halogens is 2. The van der Waals surface area contributed by atoms with Crippen molar-refractivity contribution in [1.82, 2.24) is 14.9 Å². The highest BCUT2D eigenvalue weighted by Gasteiger charge is 2.18. The first kappa shape index (κ1) is 24.7. The first-order chi connectivity index (χ1) is 11.4. The lowest BCUT2D eigenvalue weighted by molar-refractivity contribution is 0.330. The molecule has 1 N–H and O–H groups in total. The molecule has 0 radical (unpaired) electrons. The molecule has 0 amide bonds. The first-order valence-corrected chi connectivity index (χ1v) is 8.58. The van der Waals surface area contributed by atoms with Gasteiger partial charge in [0.15, 0.2) is 0 Å². The predicted molar refractivity (Wildman–Crippen MR) is 113 cm³/mol. The zero-order valence-corrected chi connectivity index (χ0v) is 17.9. The van der Waals surface area contributed by atoms with Crippen molar-refractivity contribution in [2.45, 2.75) is 46.6 Å². The Morgan fingerprint density at radius 3 is 2.46 bits per heavy atom. The number of nitrogens with zero attached hydrogens (tertiary/aromatic N) is 2. The minimum atomic E-state index is 0. The fourth-order valence-electron chi connectivity index (χ4n) is 2.79. The fourth-order valence-corrected chi connectivity index (χ4v) is 2.79. The monoisotopic (exact) mass is 403 g/mol. The van der Waals surface area contributed by atoms with E-state index in [9.17, 15) is 4.79 Å². The van der Waals surface area contributed by atoms with E-state index >= 15 is 0 Å². The third-order valence-electron chi connectivity index (χ3n) is 3.95. The van der Waals surface area contributed by atoms with Crippen LogP contribution in [0.15, 0.2) is 23.0 Å². The van der Waals surface area contributed by atoms with Gasteiger partial charge in [-0.2, -0.15) is 0 Å². The maximum Gasteiger partial charge on any atom is 0.261 e. The summed E-state index contributed by atoms with van der Waals surface area (Å²) in [6.07, 6.45) is 2.88. The molecule has 0 aliphatic carbocycles. The van der Waals surface area contributed by atoms with Crippen LogP contribution in [0.5, 0.6) is 5.75 Å². The van der Waals surface area contributed by atoms with Gasteiger partial charge in [-0.1, -0.05) is 20.8 Å². The van der Waals surface area contributed by atoms with Crippen LogP contribution in [0.4, 0.5) is 0 Å². The molecule has 0 aliphatic heterocycles. The minimum absolute atomic E-state index is 0. The van der Waals surface area contributed by atoms with Gasteiger partial charge in [0.25, 0.3) is 5.56 Å². The van der Waals surface area contributed by atoms with Gasteiger partial charge in [-0.15, -0.1) is 24.8 Å². The molecule has 5 nitrogen and oxygen atoms in total. The third kappa shape index (κ3) is 6.45. The van der Waals surface area contributed by atoms with Gasteiger partial charge in [0.05, 0.1) is 18.0 Å². The third-order valence-corrected chi connectivity index (χ3v) is 3.95. The van der Waals surface area contributed by atoms with Crippen LogP contribution in [0.2, 0.25) is 0 Å². The fraction of sp³-hybridized carbons (Fsp3) is 0.579. The Hall–Kier alpha value is -1.30. The Labute approximate surface area is 168 Å². The average Bonchev–Trinajstić information content (AvgIpc) is 2.53. The van der Waals surface area contributed by atoms with Gasteiger partial charge in [0, 0.05) is 19.0 Å². The van der Waals surface area contributed by atoms with E-state index < -0.39 is 0 Å². The molecule has 2 rings (SSSR count). The predicted octanol–water partition coefficient (Wildman–Crippen LogP) is 3.84. The summed E-state index contributed by atoms with van der Waals surface area (Å²) >= 11 is 0. The van der Waals surface area contributed by atoms with Crippen LogP contribution in [0, 0.1) is 5.41 Å². The lowest BCUT2D eigenvalue weighted by Crippen LogP contribution is -2.30. The lowest BCUT2D eigenvalue weighted by atomic mass is 9.96. The summed E-state index contributed by atoms with van der Waals surface area (Å²) in [7, 11) is 3.58. The molecule has 2 aromatic rings. The summed E-state index contributed by atoms with van der Waals surface area (Å²) in [5, 5.41) is 3.81. The van der Waals surface area contributed by atoms with Crippen molar-refractivity contribution in [3.8, 4) is 5.75 Å². The lowest BCUT2D eigenvalue weighted by Gasteiger charge is -2.22. The number of ether oxygens (including phenoxy) is 1. The van der Waals surface area contributed by atoms with E-state index in [2.05, 4.69) is 26.1 Å². The van der Waals surface area contributed by atoms with E-state index in [0.717, 1.165) is 37.4 Å². The second-order valence-electron chi connectivity index (χ2n) is 7.42. The van der Waals surface area contributed by atoms with Crippen LogP contribution in [-0.4, -0.2) is 30.3 Å². The van der Waals surface area contributed by atoms with Crippen molar-refractivity contribution in [2.75, 3.05) is 20.7 Å². The summed E-state index contributed by atoms with van der Waals surface area (Å²) < 4.78 is 7.12. The molecule has 0 bridgehead atoms. The summed E-state index contributed by atoms with van der Waals surface area (Å²) in [4.78, 5) is 17.8. The van der Waals surface area contributed by atoms with E-state index in [4.69, 9.17) is 9.72 Å². The van der Waals surface area contributed by atoms with Gasteiger partial charge in [0.2, 0.25) is 0 Å². The number of benzene rings is 1. The van der Waals surface area contributed by atoms with Gasteiger partial charge in [-0.3, -0.25) is 9.36 Å². The average molecular weight is 404 g/mol. The van der Waals surface area contributed by atoms with Crippen LogP contribution >= 0.6 is 24.8 Å². The number of nitrogens with one attached hydrogen (secondary N) is 1. The van der Waals surface area contributed by atoms with Crippen molar-refractivity contribution in [3.63, 3.8) is 0 Å². The number of hydrogen-bond acceptors (Lipinski definition) is 4. The first-order valence-electron chi connectivity index (χ1n) is 8.58.